The topological polar surface area (TPSA) is 64.3 Å². The van der Waals surface area contributed by atoms with Gasteiger partial charge in [0.1, 0.15) is 5.75 Å². The molecular formula is C18H28N2O2. The summed E-state index contributed by atoms with van der Waals surface area (Å²) in [7, 11) is 1.66. The molecule has 1 fully saturated rings. The Kier molecular flexibility index (Phi) is 5.12. The third-order valence-electron chi connectivity index (χ3n) is 4.76. The van der Waals surface area contributed by atoms with E-state index >= 15 is 0 Å². The van der Waals surface area contributed by atoms with Crippen LogP contribution in [0.5, 0.6) is 5.75 Å². The van der Waals surface area contributed by atoms with Crippen molar-refractivity contribution >= 4 is 5.91 Å². The number of carbonyl (C=O) groups excluding carboxylic acids is 1. The molecule has 0 aromatic heterocycles. The number of benzene rings is 1. The van der Waals surface area contributed by atoms with Crippen LogP contribution in [-0.2, 0) is 10.2 Å². The lowest BCUT2D eigenvalue weighted by molar-refractivity contribution is -0.127. The van der Waals surface area contributed by atoms with E-state index in [1.165, 1.54) is 12.0 Å². The summed E-state index contributed by atoms with van der Waals surface area (Å²) >= 11 is 0. The quantitative estimate of drug-likeness (QED) is 0.879. The van der Waals surface area contributed by atoms with Crippen molar-refractivity contribution in [2.45, 2.75) is 56.9 Å². The first-order valence-electron chi connectivity index (χ1n) is 8.09. The SMILES string of the molecule is COc1ccc(C(C)(C)CNC(=O)C2(N)CCCCC2)cc1. The van der Waals surface area contributed by atoms with Crippen LogP contribution in [0.25, 0.3) is 0 Å². The molecule has 1 aliphatic carbocycles. The van der Waals surface area contributed by atoms with Crippen molar-refractivity contribution in [2.75, 3.05) is 13.7 Å². The van der Waals surface area contributed by atoms with Gasteiger partial charge in [-0.2, -0.15) is 0 Å². The highest BCUT2D eigenvalue weighted by molar-refractivity contribution is 5.86. The molecule has 0 radical (unpaired) electrons. The van der Waals surface area contributed by atoms with Crippen LogP contribution in [0.4, 0.5) is 0 Å². The molecule has 1 amide bonds. The zero-order chi connectivity index (χ0) is 16.2. The predicted octanol–water partition coefficient (Wildman–Crippen LogP) is 2.75. The highest BCUT2D eigenvalue weighted by Crippen LogP contribution is 2.27. The van der Waals surface area contributed by atoms with Crippen LogP contribution >= 0.6 is 0 Å². The monoisotopic (exact) mass is 304 g/mol. The standard InChI is InChI=1S/C18H28N2O2/c1-17(2,14-7-9-15(22-3)10-8-14)13-20-16(21)18(19)11-5-4-6-12-18/h7-10H,4-6,11-13,19H2,1-3H3,(H,20,21). The average molecular weight is 304 g/mol. The third-order valence-corrected chi connectivity index (χ3v) is 4.76. The van der Waals surface area contributed by atoms with E-state index in [0.717, 1.165) is 31.4 Å². The Morgan fingerprint density at radius 3 is 2.36 bits per heavy atom. The van der Waals surface area contributed by atoms with Gasteiger partial charge in [-0.05, 0) is 30.5 Å². The van der Waals surface area contributed by atoms with Gasteiger partial charge in [0.05, 0.1) is 12.6 Å². The third kappa shape index (κ3) is 3.80. The van der Waals surface area contributed by atoms with Crippen LogP contribution in [0.15, 0.2) is 24.3 Å². The number of amides is 1. The van der Waals surface area contributed by atoms with Crippen molar-refractivity contribution in [3.63, 3.8) is 0 Å². The molecule has 4 heteroatoms. The summed E-state index contributed by atoms with van der Waals surface area (Å²) in [5, 5.41) is 3.07. The van der Waals surface area contributed by atoms with Crippen molar-refractivity contribution in [1.29, 1.82) is 0 Å². The maximum atomic E-state index is 12.4. The zero-order valence-electron chi connectivity index (χ0n) is 13.9. The van der Waals surface area contributed by atoms with Gasteiger partial charge in [-0.15, -0.1) is 0 Å². The lowest BCUT2D eigenvalue weighted by atomic mass is 9.80. The van der Waals surface area contributed by atoms with Gasteiger partial charge in [0.15, 0.2) is 0 Å². The highest BCUT2D eigenvalue weighted by atomic mass is 16.5. The van der Waals surface area contributed by atoms with E-state index in [-0.39, 0.29) is 11.3 Å². The first-order valence-corrected chi connectivity index (χ1v) is 8.09. The summed E-state index contributed by atoms with van der Waals surface area (Å²) in [5.41, 5.74) is 6.63. The second-order valence-electron chi connectivity index (χ2n) is 7.01. The van der Waals surface area contributed by atoms with E-state index in [0.29, 0.717) is 6.54 Å². The van der Waals surface area contributed by atoms with E-state index in [2.05, 4.69) is 19.2 Å². The van der Waals surface area contributed by atoms with Crippen LogP contribution in [-0.4, -0.2) is 25.1 Å². The molecule has 3 N–H and O–H groups in total. The second-order valence-corrected chi connectivity index (χ2v) is 7.01. The summed E-state index contributed by atoms with van der Waals surface area (Å²) in [4.78, 5) is 12.4. The fourth-order valence-corrected chi connectivity index (χ4v) is 3.03. The van der Waals surface area contributed by atoms with Crippen LogP contribution in [0.2, 0.25) is 0 Å². The first-order chi connectivity index (χ1) is 10.4. The molecule has 2 rings (SSSR count). The molecule has 1 saturated carbocycles. The number of hydrogen-bond acceptors (Lipinski definition) is 3. The van der Waals surface area contributed by atoms with E-state index in [1.807, 2.05) is 24.3 Å². The summed E-state index contributed by atoms with van der Waals surface area (Å²) in [6.07, 6.45) is 4.87. The van der Waals surface area contributed by atoms with Gasteiger partial charge < -0.3 is 15.8 Å². The molecule has 0 heterocycles. The maximum Gasteiger partial charge on any atom is 0.240 e. The normalized spacial score (nSPS) is 17.8. The van der Waals surface area contributed by atoms with Crippen molar-refractivity contribution in [3.05, 3.63) is 29.8 Å². The Bertz CT molecular complexity index is 502. The summed E-state index contributed by atoms with van der Waals surface area (Å²) in [6, 6.07) is 7.99. The molecule has 0 saturated heterocycles. The minimum absolute atomic E-state index is 0.00575. The van der Waals surface area contributed by atoms with Crippen LogP contribution in [0, 0.1) is 0 Å². The fourth-order valence-electron chi connectivity index (χ4n) is 3.03. The van der Waals surface area contributed by atoms with E-state index in [9.17, 15) is 4.79 Å². The first kappa shape index (κ1) is 16.8. The lowest BCUT2D eigenvalue weighted by Gasteiger charge is -2.34. The summed E-state index contributed by atoms with van der Waals surface area (Å²) in [5.74, 6) is 0.834. The van der Waals surface area contributed by atoms with Gasteiger partial charge in [0.25, 0.3) is 0 Å². The Morgan fingerprint density at radius 1 is 1.23 bits per heavy atom. The number of nitrogens with two attached hydrogens (primary N) is 1. The average Bonchev–Trinajstić information content (AvgIpc) is 2.53. The van der Waals surface area contributed by atoms with Crippen molar-refractivity contribution < 1.29 is 9.53 Å². The predicted molar refractivity (Wildman–Crippen MR) is 89.0 cm³/mol. The Morgan fingerprint density at radius 2 is 1.82 bits per heavy atom. The summed E-state index contributed by atoms with van der Waals surface area (Å²) in [6.45, 7) is 4.83. The van der Waals surface area contributed by atoms with Gasteiger partial charge in [-0.1, -0.05) is 45.2 Å². The van der Waals surface area contributed by atoms with E-state index < -0.39 is 5.54 Å². The molecule has 4 nitrogen and oxygen atoms in total. The molecule has 0 aliphatic heterocycles. The molecule has 1 aliphatic rings. The zero-order valence-corrected chi connectivity index (χ0v) is 13.9. The second kappa shape index (κ2) is 6.69. The maximum absolute atomic E-state index is 12.4. The minimum Gasteiger partial charge on any atom is -0.497 e. The van der Waals surface area contributed by atoms with Crippen LogP contribution in [0.3, 0.4) is 0 Å². The Balaban J connectivity index is 1.97. The van der Waals surface area contributed by atoms with E-state index in [1.54, 1.807) is 7.11 Å². The number of methoxy groups -OCH3 is 1. The highest BCUT2D eigenvalue weighted by Gasteiger charge is 2.36. The van der Waals surface area contributed by atoms with Crippen molar-refractivity contribution in [2.24, 2.45) is 5.73 Å². The molecule has 0 unspecified atom stereocenters. The minimum atomic E-state index is -0.672. The van der Waals surface area contributed by atoms with Gasteiger partial charge in [-0.25, -0.2) is 0 Å². The van der Waals surface area contributed by atoms with Gasteiger partial charge in [0.2, 0.25) is 5.91 Å². The number of ether oxygens (including phenoxy) is 1. The van der Waals surface area contributed by atoms with Crippen LogP contribution in [0.1, 0.15) is 51.5 Å². The number of carbonyl (C=O) groups is 1. The Hall–Kier alpha value is -1.55. The molecule has 0 bridgehead atoms. The summed E-state index contributed by atoms with van der Waals surface area (Å²) < 4.78 is 5.19. The van der Waals surface area contributed by atoms with Gasteiger partial charge in [0, 0.05) is 12.0 Å². The molecule has 22 heavy (non-hydrogen) atoms. The van der Waals surface area contributed by atoms with E-state index in [4.69, 9.17) is 10.5 Å². The van der Waals surface area contributed by atoms with Crippen molar-refractivity contribution in [3.8, 4) is 5.75 Å². The smallest absolute Gasteiger partial charge is 0.240 e. The van der Waals surface area contributed by atoms with Crippen molar-refractivity contribution in [1.82, 2.24) is 5.32 Å². The molecule has 122 valence electrons. The number of rotatable bonds is 5. The van der Waals surface area contributed by atoms with Gasteiger partial charge in [-0.3, -0.25) is 4.79 Å². The molecule has 0 spiro atoms. The molecule has 0 atom stereocenters. The largest absolute Gasteiger partial charge is 0.497 e. The number of nitrogens with one attached hydrogen (secondary N) is 1. The molecular weight excluding hydrogens is 276 g/mol. The molecule has 1 aromatic rings. The number of hydrogen-bond donors (Lipinski definition) is 2. The molecule has 1 aromatic carbocycles. The fraction of sp³-hybridized carbons (Fsp3) is 0.611. The lowest BCUT2D eigenvalue weighted by Crippen LogP contribution is -2.56. The van der Waals surface area contributed by atoms with Crippen LogP contribution < -0.4 is 15.8 Å². The Labute approximate surface area is 133 Å². The van der Waals surface area contributed by atoms with Gasteiger partial charge >= 0.3 is 0 Å².